The summed E-state index contributed by atoms with van der Waals surface area (Å²) in [5.74, 6) is -0.427. The maximum atomic E-state index is 13.0. The molecule has 162 valence electrons. The highest BCUT2D eigenvalue weighted by atomic mass is 32.2. The van der Waals surface area contributed by atoms with Crippen LogP contribution in [-0.4, -0.2) is 62.3 Å². The molecule has 0 aromatic heterocycles. The van der Waals surface area contributed by atoms with E-state index in [0.29, 0.717) is 58.3 Å². The zero-order chi connectivity index (χ0) is 21.4. The lowest BCUT2D eigenvalue weighted by Gasteiger charge is -2.32. The first-order valence-electron chi connectivity index (χ1n) is 10.1. The number of hydrogen-bond acceptors (Lipinski definition) is 4. The van der Waals surface area contributed by atoms with Crippen molar-refractivity contribution in [2.75, 3.05) is 26.2 Å². The predicted molar refractivity (Wildman–Crippen MR) is 108 cm³/mol. The van der Waals surface area contributed by atoms with Crippen LogP contribution in [-0.2, 0) is 19.6 Å². The number of halogens is 1. The molecule has 0 spiro atoms. The Bertz CT molecular complexity index is 786. The zero-order valence-corrected chi connectivity index (χ0v) is 17.9. The lowest BCUT2D eigenvalue weighted by atomic mass is 10.1. The SMILES string of the molecule is CCN(CC)C(=O)CCCC(=O)N1CCC(NS(=O)(=O)c2ccc(F)cc2)CC1. The van der Waals surface area contributed by atoms with Crippen LogP contribution in [0.25, 0.3) is 0 Å². The summed E-state index contributed by atoms with van der Waals surface area (Å²) in [7, 11) is -3.71. The summed E-state index contributed by atoms with van der Waals surface area (Å²) in [4.78, 5) is 27.9. The van der Waals surface area contributed by atoms with E-state index in [-0.39, 0.29) is 22.8 Å². The topological polar surface area (TPSA) is 86.8 Å². The molecule has 1 aromatic carbocycles. The Balaban J connectivity index is 1.76. The number of nitrogens with zero attached hydrogens (tertiary/aromatic N) is 2. The van der Waals surface area contributed by atoms with Crippen LogP contribution in [0.3, 0.4) is 0 Å². The first kappa shape index (κ1) is 23.3. The van der Waals surface area contributed by atoms with Gasteiger partial charge >= 0.3 is 0 Å². The summed E-state index contributed by atoms with van der Waals surface area (Å²) >= 11 is 0. The second-order valence-electron chi connectivity index (χ2n) is 7.15. The second-order valence-corrected chi connectivity index (χ2v) is 8.86. The van der Waals surface area contributed by atoms with E-state index in [1.165, 1.54) is 12.1 Å². The van der Waals surface area contributed by atoms with Gasteiger partial charge in [-0.3, -0.25) is 9.59 Å². The molecule has 1 aliphatic rings. The van der Waals surface area contributed by atoms with Crippen LogP contribution in [0.4, 0.5) is 4.39 Å². The van der Waals surface area contributed by atoms with Gasteiger partial charge in [-0.05, 0) is 57.4 Å². The molecule has 0 saturated carbocycles. The standard InChI is InChI=1S/C20H30FN3O4S/c1-3-23(4-2)19(25)6-5-7-20(26)24-14-12-17(13-15-24)22-29(27,28)18-10-8-16(21)9-11-18/h8-11,17,22H,3-7,12-15H2,1-2H3. The zero-order valence-electron chi connectivity index (χ0n) is 17.1. The molecule has 0 atom stereocenters. The highest BCUT2D eigenvalue weighted by Gasteiger charge is 2.26. The fourth-order valence-corrected chi connectivity index (χ4v) is 4.74. The second kappa shape index (κ2) is 10.7. The van der Waals surface area contributed by atoms with Crippen molar-refractivity contribution in [3.8, 4) is 0 Å². The largest absolute Gasteiger partial charge is 0.343 e. The number of carbonyl (C=O) groups excluding carboxylic acids is 2. The van der Waals surface area contributed by atoms with E-state index in [4.69, 9.17) is 0 Å². The van der Waals surface area contributed by atoms with Crippen LogP contribution < -0.4 is 4.72 Å². The number of benzene rings is 1. The molecule has 7 nitrogen and oxygen atoms in total. The average Bonchev–Trinajstić information content (AvgIpc) is 2.69. The van der Waals surface area contributed by atoms with Crippen LogP contribution in [0.2, 0.25) is 0 Å². The fraction of sp³-hybridized carbons (Fsp3) is 0.600. The van der Waals surface area contributed by atoms with Crippen molar-refractivity contribution in [1.29, 1.82) is 0 Å². The van der Waals surface area contributed by atoms with E-state index in [1.807, 2.05) is 13.8 Å². The first-order chi connectivity index (χ1) is 13.8. The quantitative estimate of drug-likeness (QED) is 0.654. The third-order valence-electron chi connectivity index (χ3n) is 5.19. The van der Waals surface area contributed by atoms with Gasteiger partial charge in [0.15, 0.2) is 0 Å². The summed E-state index contributed by atoms with van der Waals surface area (Å²) in [5, 5.41) is 0. The van der Waals surface area contributed by atoms with Gasteiger partial charge in [0.25, 0.3) is 0 Å². The van der Waals surface area contributed by atoms with Crippen LogP contribution in [0.15, 0.2) is 29.2 Å². The Morgan fingerprint density at radius 1 is 1.10 bits per heavy atom. The average molecular weight is 428 g/mol. The van der Waals surface area contributed by atoms with Crippen molar-refractivity contribution in [3.63, 3.8) is 0 Å². The van der Waals surface area contributed by atoms with Gasteiger partial charge in [-0.15, -0.1) is 0 Å². The van der Waals surface area contributed by atoms with E-state index in [2.05, 4.69) is 4.72 Å². The van der Waals surface area contributed by atoms with Crippen LogP contribution >= 0.6 is 0 Å². The Kier molecular flexibility index (Phi) is 8.58. The summed E-state index contributed by atoms with van der Waals surface area (Å²) in [6, 6.07) is 4.42. The van der Waals surface area contributed by atoms with E-state index < -0.39 is 15.8 Å². The van der Waals surface area contributed by atoms with Crippen molar-refractivity contribution in [1.82, 2.24) is 14.5 Å². The number of sulfonamides is 1. The third-order valence-corrected chi connectivity index (χ3v) is 6.73. The number of nitrogens with one attached hydrogen (secondary N) is 1. The molecule has 0 bridgehead atoms. The molecule has 1 N–H and O–H groups in total. The lowest BCUT2D eigenvalue weighted by molar-refractivity contribution is -0.133. The summed E-state index contributed by atoms with van der Waals surface area (Å²) in [6.45, 7) is 6.15. The summed E-state index contributed by atoms with van der Waals surface area (Å²) in [6.07, 6.45) is 2.24. The van der Waals surface area contributed by atoms with E-state index in [1.54, 1.807) is 9.80 Å². The molecular weight excluding hydrogens is 397 g/mol. The number of likely N-dealkylation sites (tertiary alicyclic amines) is 1. The van der Waals surface area contributed by atoms with Crippen molar-refractivity contribution >= 4 is 21.8 Å². The smallest absolute Gasteiger partial charge is 0.240 e. The van der Waals surface area contributed by atoms with Gasteiger partial charge in [0.1, 0.15) is 5.82 Å². The predicted octanol–water partition coefficient (Wildman–Crippen LogP) is 2.13. The van der Waals surface area contributed by atoms with Crippen molar-refractivity contribution in [2.45, 2.75) is 56.9 Å². The number of carbonyl (C=O) groups is 2. The lowest BCUT2D eigenvalue weighted by Crippen LogP contribution is -2.46. The molecule has 1 aromatic rings. The van der Waals surface area contributed by atoms with Crippen molar-refractivity contribution in [2.24, 2.45) is 0 Å². The van der Waals surface area contributed by atoms with Crippen LogP contribution in [0.5, 0.6) is 0 Å². The minimum absolute atomic E-state index is 0.00260. The molecule has 1 aliphatic heterocycles. The molecule has 1 fully saturated rings. The summed E-state index contributed by atoms with van der Waals surface area (Å²) < 4.78 is 40.4. The van der Waals surface area contributed by atoms with Gasteiger partial charge in [0, 0.05) is 45.1 Å². The van der Waals surface area contributed by atoms with Crippen LogP contribution in [0.1, 0.15) is 46.0 Å². The van der Waals surface area contributed by atoms with Gasteiger partial charge in [0.2, 0.25) is 21.8 Å². The van der Waals surface area contributed by atoms with E-state index >= 15 is 0 Å². The van der Waals surface area contributed by atoms with Crippen molar-refractivity contribution in [3.05, 3.63) is 30.1 Å². The van der Waals surface area contributed by atoms with Crippen molar-refractivity contribution < 1.29 is 22.4 Å². The highest BCUT2D eigenvalue weighted by molar-refractivity contribution is 7.89. The van der Waals surface area contributed by atoms with Crippen LogP contribution in [0, 0.1) is 5.82 Å². The molecule has 2 rings (SSSR count). The Labute approximate surface area is 172 Å². The molecular formula is C20H30FN3O4S. The molecule has 9 heteroatoms. The normalized spacial score (nSPS) is 15.3. The third kappa shape index (κ3) is 6.78. The number of amides is 2. The summed E-state index contributed by atoms with van der Waals surface area (Å²) in [5.41, 5.74) is 0. The van der Waals surface area contributed by atoms with Gasteiger partial charge < -0.3 is 9.80 Å². The molecule has 0 aliphatic carbocycles. The minimum Gasteiger partial charge on any atom is -0.343 e. The molecule has 0 radical (unpaired) electrons. The van der Waals surface area contributed by atoms with Gasteiger partial charge in [-0.2, -0.15) is 0 Å². The van der Waals surface area contributed by atoms with E-state index in [9.17, 15) is 22.4 Å². The van der Waals surface area contributed by atoms with E-state index in [0.717, 1.165) is 12.1 Å². The maximum absolute atomic E-state index is 13.0. The monoisotopic (exact) mass is 427 g/mol. The molecule has 1 heterocycles. The highest BCUT2D eigenvalue weighted by Crippen LogP contribution is 2.17. The Morgan fingerprint density at radius 2 is 1.69 bits per heavy atom. The first-order valence-corrected chi connectivity index (χ1v) is 11.6. The fourth-order valence-electron chi connectivity index (χ4n) is 3.43. The molecule has 29 heavy (non-hydrogen) atoms. The minimum atomic E-state index is -3.71. The van der Waals surface area contributed by atoms with Gasteiger partial charge in [-0.25, -0.2) is 17.5 Å². The van der Waals surface area contributed by atoms with Gasteiger partial charge in [-0.1, -0.05) is 0 Å². The number of hydrogen-bond donors (Lipinski definition) is 1. The Morgan fingerprint density at radius 3 is 2.24 bits per heavy atom. The molecule has 0 unspecified atom stereocenters. The van der Waals surface area contributed by atoms with Gasteiger partial charge in [0.05, 0.1) is 4.90 Å². The molecule has 2 amide bonds. The number of rotatable bonds is 9. The maximum Gasteiger partial charge on any atom is 0.240 e. The number of piperidine rings is 1. The molecule has 1 saturated heterocycles. The Hall–Kier alpha value is -2.00.